The average Bonchev–Trinajstić information content (AvgIpc) is 3.16. The van der Waals surface area contributed by atoms with Gasteiger partial charge < -0.3 is 15.1 Å². The maximum atomic E-state index is 13.9. The Labute approximate surface area is 197 Å². The lowest BCUT2D eigenvalue weighted by atomic mass is 9.67. The zero-order valence-corrected chi connectivity index (χ0v) is 19.4. The van der Waals surface area contributed by atoms with Gasteiger partial charge in [0, 0.05) is 22.0 Å². The number of carboxylic acid groups (broad SMARTS) is 1. The van der Waals surface area contributed by atoms with Crippen molar-refractivity contribution >= 4 is 35.1 Å². The number of piperidine rings is 1. The molecule has 1 unspecified atom stereocenters. The van der Waals surface area contributed by atoms with E-state index in [9.17, 15) is 19.8 Å². The van der Waals surface area contributed by atoms with Gasteiger partial charge >= 0.3 is 5.97 Å². The maximum absolute atomic E-state index is 13.9. The van der Waals surface area contributed by atoms with Gasteiger partial charge in [-0.15, -0.1) is 0 Å². The highest BCUT2D eigenvalue weighted by molar-refractivity contribution is 6.30. The van der Waals surface area contributed by atoms with Crippen LogP contribution in [0, 0.1) is 5.41 Å². The molecule has 170 valence electrons. The molecule has 4 rings (SSSR count). The van der Waals surface area contributed by atoms with E-state index in [0.29, 0.717) is 35.7 Å². The molecule has 0 radical (unpaired) electrons. The lowest BCUT2D eigenvalue weighted by Gasteiger charge is -2.51. The van der Waals surface area contributed by atoms with Crippen LogP contribution in [-0.4, -0.2) is 39.1 Å². The third-order valence-corrected chi connectivity index (χ3v) is 7.39. The summed E-state index contributed by atoms with van der Waals surface area (Å²) in [5, 5.41) is 21.0. The number of carboxylic acids is 1. The Bertz CT molecular complexity index is 1010. The van der Waals surface area contributed by atoms with Crippen LogP contribution < -0.4 is 0 Å². The van der Waals surface area contributed by atoms with Crippen molar-refractivity contribution in [1.29, 1.82) is 0 Å². The van der Waals surface area contributed by atoms with Crippen LogP contribution in [0.3, 0.4) is 0 Å². The topological polar surface area (TPSA) is 77.8 Å². The van der Waals surface area contributed by atoms with Crippen LogP contribution in [0.2, 0.25) is 10.0 Å². The molecule has 2 N–H and O–H groups in total. The van der Waals surface area contributed by atoms with Gasteiger partial charge in [-0.25, -0.2) is 0 Å². The van der Waals surface area contributed by atoms with Crippen LogP contribution in [0.25, 0.3) is 0 Å². The highest BCUT2D eigenvalue weighted by Gasteiger charge is 2.53. The Morgan fingerprint density at radius 2 is 1.81 bits per heavy atom. The minimum atomic E-state index is -1.06. The molecule has 1 aliphatic heterocycles. The highest BCUT2D eigenvalue weighted by Crippen LogP contribution is 2.53. The number of halogens is 2. The molecule has 0 bridgehead atoms. The number of likely N-dealkylation sites (tertiary alicyclic amines) is 1. The second-order valence-corrected chi connectivity index (χ2v) is 10.2. The Balaban J connectivity index is 1.88. The van der Waals surface area contributed by atoms with Gasteiger partial charge in [0.1, 0.15) is 0 Å². The van der Waals surface area contributed by atoms with Crippen molar-refractivity contribution in [2.24, 2.45) is 5.41 Å². The standard InChI is InChI=1S/C25H27Cl2NO4/c1-25(14-22(30)31)13-21(16-3-2-4-18(27)11-16)23(15-5-7-17(26)8-6-15)28(24(25)32)19-9-10-20(29)12-19/h2-8,11,19-21,23,29H,9-10,12-14H2,1H3,(H,30,31)/t19-,20?,21+,23+,25+/m0/s1. The number of hydrogen-bond donors (Lipinski definition) is 2. The van der Waals surface area contributed by atoms with Crippen molar-refractivity contribution in [2.75, 3.05) is 0 Å². The zero-order valence-electron chi connectivity index (χ0n) is 17.9. The van der Waals surface area contributed by atoms with E-state index >= 15 is 0 Å². The van der Waals surface area contributed by atoms with Crippen LogP contribution in [0.4, 0.5) is 0 Å². The van der Waals surface area contributed by atoms with Crippen molar-refractivity contribution in [1.82, 2.24) is 4.90 Å². The molecule has 2 aromatic rings. The molecule has 5 nitrogen and oxygen atoms in total. The van der Waals surface area contributed by atoms with Crippen molar-refractivity contribution in [3.05, 3.63) is 69.7 Å². The summed E-state index contributed by atoms with van der Waals surface area (Å²) in [5.41, 5.74) is 0.839. The second kappa shape index (κ2) is 9.05. The molecule has 1 saturated heterocycles. The normalized spacial score (nSPS) is 30.5. The van der Waals surface area contributed by atoms with E-state index in [1.54, 1.807) is 13.0 Å². The molecule has 5 atom stereocenters. The summed E-state index contributed by atoms with van der Waals surface area (Å²) in [6, 6.07) is 14.6. The molecule has 2 fully saturated rings. The number of carbonyl (C=O) groups is 2. The lowest BCUT2D eigenvalue weighted by Crippen LogP contribution is -2.55. The summed E-state index contributed by atoms with van der Waals surface area (Å²) >= 11 is 12.5. The first-order valence-electron chi connectivity index (χ1n) is 10.9. The maximum Gasteiger partial charge on any atom is 0.304 e. The van der Waals surface area contributed by atoms with E-state index < -0.39 is 17.5 Å². The van der Waals surface area contributed by atoms with E-state index in [1.807, 2.05) is 47.4 Å². The summed E-state index contributed by atoms with van der Waals surface area (Å²) < 4.78 is 0. The molecule has 1 heterocycles. The van der Waals surface area contributed by atoms with Gasteiger partial charge in [-0.05, 0) is 61.1 Å². The number of aliphatic carboxylic acids is 1. The van der Waals surface area contributed by atoms with E-state index in [1.165, 1.54) is 0 Å². The average molecular weight is 476 g/mol. The van der Waals surface area contributed by atoms with Crippen molar-refractivity contribution < 1.29 is 19.8 Å². The highest BCUT2D eigenvalue weighted by atomic mass is 35.5. The Kier molecular flexibility index (Phi) is 6.53. The summed E-state index contributed by atoms with van der Waals surface area (Å²) in [4.78, 5) is 27.5. The molecule has 0 spiro atoms. The summed E-state index contributed by atoms with van der Waals surface area (Å²) in [6.45, 7) is 1.75. The van der Waals surface area contributed by atoms with Gasteiger partial charge in [-0.1, -0.05) is 54.4 Å². The van der Waals surface area contributed by atoms with Crippen molar-refractivity contribution in [2.45, 2.75) is 63.1 Å². The van der Waals surface area contributed by atoms with Crippen molar-refractivity contribution in [3.63, 3.8) is 0 Å². The van der Waals surface area contributed by atoms with E-state index in [0.717, 1.165) is 11.1 Å². The summed E-state index contributed by atoms with van der Waals surface area (Å²) in [5.74, 6) is -1.33. The molecule has 1 aliphatic carbocycles. The van der Waals surface area contributed by atoms with E-state index in [2.05, 4.69) is 0 Å². The third-order valence-electron chi connectivity index (χ3n) is 6.90. The first-order chi connectivity index (χ1) is 15.2. The second-order valence-electron chi connectivity index (χ2n) is 9.33. The third kappa shape index (κ3) is 4.52. The molecule has 0 aromatic heterocycles. The number of aliphatic hydroxyl groups excluding tert-OH is 1. The molecule has 1 saturated carbocycles. The lowest BCUT2D eigenvalue weighted by molar-refractivity contribution is -0.160. The number of carbonyl (C=O) groups excluding carboxylic acids is 1. The SMILES string of the molecule is C[C@]1(CC(=O)O)C[C@H](c2cccc(Cl)c2)[C@@H](c2ccc(Cl)cc2)N([C@H]2CCC(O)C2)C1=O. The minimum Gasteiger partial charge on any atom is -0.481 e. The van der Waals surface area contributed by atoms with Gasteiger partial charge in [0.15, 0.2) is 0 Å². The van der Waals surface area contributed by atoms with Crippen LogP contribution in [-0.2, 0) is 9.59 Å². The predicted molar refractivity (Wildman–Crippen MR) is 124 cm³/mol. The van der Waals surface area contributed by atoms with Crippen molar-refractivity contribution in [3.8, 4) is 0 Å². The first-order valence-corrected chi connectivity index (χ1v) is 11.7. The van der Waals surface area contributed by atoms with Gasteiger partial charge in [-0.2, -0.15) is 0 Å². The van der Waals surface area contributed by atoms with Gasteiger partial charge in [0.2, 0.25) is 5.91 Å². The van der Waals surface area contributed by atoms with Crippen LogP contribution in [0.15, 0.2) is 48.5 Å². The number of amides is 1. The van der Waals surface area contributed by atoms with Gasteiger partial charge in [0.25, 0.3) is 0 Å². The fourth-order valence-electron chi connectivity index (χ4n) is 5.47. The molecule has 32 heavy (non-hydrogen) atoms. The number of benzene rings is 2. The molecule has 2 aliphatic rings. The summed E-state index contributed by atoms with van der Waals surface area (Å²) in [7, 11) is 0. The van der Waals surface area contributed by atoms with Gasteiger partial charge in [-0.3, -0.25) is 9.59 Å². The van der Waals surface area contributed by atoms with Gasteiger partial charge in [0.05, 0.1) is 24.0 Å². The molecule has 7 heteroatoms. The Morgan fingerprint density at radius 3 is 2.41 bits per heavy atom. The van der Waals surface area contributed by atoms with Crippen LogP contribution >= 0.6 is 23.2 Å². The largest absolute Gasteiger partial charge is 0.481 e. The number of hydrogen-bond acceptors (Lipinski definition) is 3. The quantitative estimate of drug-likeness (QED) is 0.602. The minimum absolute atomic E-state index is 0.158. The van der Waals surface area contributed by atoms with E-state index in [4.69, 9.17) is 23.2 Å². The fourth-order valence-corrected chi connectivity index (χ4v) is 5.79. The molecule has 1 amide bonds. The van der Waals surface area contributed by atoms with Crippen LogP contribution in [0.5, 0.6) is 0 Å². The first kappa shape index (κ1) is 23.1. The Morgan fingerprint density at radius 1 is 1.09 bits per heavy atom. The van der Waals surface area contributed by atoms with Crippen LogP contribution in [0.1, 0.15) is 62.1 Å². The summed E-state index contributed by atoms with van der Waals surface area (Å²) in [6.07, 6.45) is 1.47. The smallest absolute Gasteiger partial charge is 0.304 e. The van der Waals surface area contributed by atoms with E-state index in [-0.39, 0.29) is 30.3 Å². The molecular weight excluding hydrogens is 449 g/mol. The Hall–Kier alpha value is -2.08. The number of aliphatic hydroxyl groups is 1. The monoisotopic (exact) mass is 475 g/mol. The number of nitrogens with zero attached hydrogens (tertiary/aromatic N) is 1. The zero-order chi connectivity index (χ0) is 23.0. The molecule has 2 aromatic carbocycles. The predicted octanol–water partition coefficient (Wildman–Crippen LogP) is 5.45. The fraction of sp³-hybridized carbons (Fsp3) is 0.440. The molecular formula is C25H27Cl2NO4. The number of rotatable bonds is 5.